The Labute approximate surface area is 149 Å². The second kappa shape index (κ2) is 8.71. The van der Waals surface area contributed by atoms with E-state index in [9.17, 15) is 13.6 Å². The molecule has 1 aromatic carbocycles. The van der Waals surface area contributed by atoms with E-state index in [1.165, 1.54) is 29.5 Å². The lowest BCUT2D eigenvalue weighted by Crippen LogP contribution is -2.23. The number of pyridine rings is 1. The maximum atomic E-state index is 13.5. The number of nitrogens with one attached hydrogen (secondary N) is 1. The van der Waals surface area contributed by atoms with Crippen molar-refractivity contribution in [2.24, 2.45) is 4.99 Å². The summed E-state index contributed by atoms with van der Waals surface area (Å²) in [7, 11) is 0. The number of amides is 1. The average molecular weight is 363 g/mol. The summed E-state index contributed by atoms with van der Waals surface area (Å²) >= 11 is 1.30. The number of aliphatic imine (C=N–C) groups is 1. The summed E-state index contributed by atoms with van der Waals surface area (Å²) in [5, 5.41) is 2.90. The summed E-state index contributed by atoms with van der Waals surface area (Å²) in [6.07, 6.45) is 3.57. The van der Waals surface area contributed by atoms with Crippen LogP contribution in [0.15, 0.2) is 47.7 Å². The third-order valence-electron chi connectivity index (χ3n) is 3.46. The van der Waals surface area contributed by atoms with Crippen LogP contribution in [0.4, 0.5) is 8.78 Å². The van der Waals surface area contributed by atoms with Gasteiger partial charge in [-0.05, 0) is 44.5 Å². The van der Waals surface area contributed by atoms with Crippen LogP contribution in [-0.4, -0.2) is 21.3 Å². The summed E-state index contributed by atoms with van der Waals surface area (Å²) in [6.45, 7) is 5.51. The lowest BCUT2D eigenvalue weighted by Gasteiger charge is -2.09. The maximum absolute atomic E-state index is 13.5. The molecule has 132 valence electrons. The molecule has 4 nitrogen and oxygen atoms in total. The number of halogens is 2. The quantitative estimate of drug-likeness (QED) is 0.877. The molecule has 2 unspecified atom stereocenters. The summed E-state index contributed by atoms with van der Waals surface area (Å²) in [5.74, 6) is -1.35. The zero-order valence-electron chi connectivity index (χ0n) is 14.2. The van der Waals surface area contributed by atoms with Crippen molar-refractivity contribution in [1.82, 2.24) is 10.3 Å². The number of thioether (sulfide) groups is 1. The molecule has 0 aliphatic carbocycles. The van der Waals surface area contributed by atoms with Crippen LogP contribution in [0.5, 0.6) is 0 Å². The maximum Gasteiger partial charge on any atom is 0.239 e. The highest BCUT2D eigenvalue weighted by atomic mass is 32.2. The monoisotopic (exact) mass is 363 g/mol. The van der Waals surface area contributed by atoms with Crippen LogP contribution in [-0.2, 0) is 4.79 Å². The molecule has 0 radical (unpaired) electrons. The molecule has 2 heterocycles. The minimum atomic E-state index is -0.630. The molecule has 1 saturated heterocycles. The number of nitrogens with zero attached hydrogens (tertiary/aromatic N) is 2. The first kappa shape index (κ1) is 19.1. The molecule has 1 aliphatic heterocycles. The number of carbonyl (C=O) groups is 1. The third-order valence-corrected chi connectivity index (χ3v) is 4.46. The van der Waals surface area contributed by atoms with E-state index in [4.69, 9.17) is 0 Å². The van der Waals surface area contributed by atoms with Gasteiger partial charge >= 0.3 is 0 Å². The number of benzene rings is 1. The van der Waals surface area contributed by atoms with Gasteiger partial charge in [-0.3, -0.25) is 14.8 Å². The Morgan fingerprint density at radius 2 is 1.92 bits per heavy atom. The molecular formula is C18H19F2N3OS. The van der Waals surface area contributed by atoms with E-state index in [0.717, 1.165) is 6.07 Å². The predicted molar refractivity (Wildman–Crippen MR) is 96.4 cm³/mol. The minimum Gasteiger partial charge on any atom is -0.304 e. The van der Waals surface area contributed by atoms with E-state index in [1.807, 2.05) is 19.1 Å². The van der Waals surface area contributed by atoms with E-state index in [-0.39, 0.29) is 11.2 Å². The van der Waals surface area contributed by atoms with Crippen molar-refractivity contribution < 1.29 is 13.6 Å². The van der Waals surface area contributed by atoms with Gasteiger partial charge < -0.3 is 5.32 Å². The fourth-order valence-corrected chi connectivity index (χ4v) is 2.91. The van der Waals surface area contributed by atoms with Crippen molar-refractivity contribution in [3.8, 4) is 0 Å². The molecule has 1 N–H and O–H groups in total. The Hall–Kier alpha value is -2.28. The van der Waals surface area contributed by atoms with Gasteiger partial charge in [-0.2, -0.15) is 0 Å². The van der Waals surface area contributed by atoms with Crippen LogP contribution >= 0.6 is 11.8 Å². The van der Waals surface area contributed by atoms with E-state index >= 15 is 0 Å². The van der Waals surface area contributed by atoms with E-state index < -0.39 is 17.7 Å². The first-order chi connectivity index (χ1) is 11.9. The third kappa shape index (κ3) is 5.63. The summed E-state index contributed by atoms with van der Waals surface area (Å²) in [4.78, 5) is 19.3. The van der Waals surface area contributed by atoms with Gasteiger partial charge in [0.1, 0.15) is 11.6 Å². The fraction of sp³-hybridized carbons (Fsp3) is 0.278. The van der Waals surface area contributed by atoms with Gasteiger partial charge in [-0.15, -0.1) is 0 Å². The number of aromatic nitrogens is 1. The number of hydrogen-bond donors (Lipinski definition) is 1. The van der Waals surface area contributed by atoms with Gasteiger partial charge in [0.05, 0.1) is 11.3 Å². The highest BCUT2D eigenvalue weighted by Gasteiger charge is 2.26. The zero-order chi connectivity index (χ0) is 18.4. The van der Waals surface area contributed by atoms with Crippen molar-refractivity contribution in [1.29, 1.82) is 0 Å². The Balaban J connectivity index is 0.000000269. The molecule has 2 aromatic rings. The van der Waals surface area contributed by atoms with E-state index in [0.29, 0.717) is 10.7 Å². The topological polar surface area (TPSA) is 54.4 Å². The van der Waals surface area contributed by atoms with Gasteiger partial charge in [-0.1, -0.05) is 17.8 Å². The van der Waals surface area contributed by atoms with Crippen molar-refractivity contribution >= 4 is 22.8 Å². The average Bonchev–Trinajstić information content (AvgIpc) is 2.86. The molecule has 0 saturated carbocycles. The number of aryl methyl sites for hydroxylation is 1. The highest BCUT2D eigenvalue weighted by Crippen LogP contribution is 2.25. The smallest absolute Gasteiger partial charge is 0.239 e. The lowest BCUT2D eigenvalue weighted by atomic mass is 10.1. The molecule has 0 bridgehead atoms. The van der Waals surface area contributed by atoms with E-state index in [2.05, 4.69) is 15.3 Å². The summed E-state index contributed by atoms with van der Waals surface area (Å²) in [6, 6.07) is 6.86. The normalized spacial score (nSPS) is 19.2. The molecular weight excluding hydrogens is 344 g/mol. The Morgan fingerprint density at radius 3 is 2.40 bits per heavy atom. The standard InChI is InChI=1S/C12H12F2N2OS.C6H7N/c1-6(9-4-3-8(13)5-10(9)14)15-12-16-11(17)7(2)18-12;1-6-2-4-7-5-3-6/h3-7H,1-2H3,(H,15,16,17);2-5H,1H3. The van der Waals surface area contributed by atoms with Gasteiger partial charge in [0.25, 0.3) is 0 Å². The zero-order valence-corrected chi connectivity index (χ0v) is 15.0. The van der Waals surface area contributed by atoms with Crippen LogP contribution < -0.4 is 5.32 Å². The SMILES string of the molecule is CC1SC(=NC(C)c2ccc(F)cc2F)NC1=O.Cc1ccncc1. The van der Waals surface area contributed by atoms with Crippen molar-refractivity contribution in [3.63, 3.8) is 0 Å². The Bertz CT molecular complexity index is 768. The summed E-state index contributed by atoms with van der Waals surface area (Å²) in [5.41, 5.74) is 1.56. The second-order valence-corrected chi connectivity index (χ2v) is 6.88. The predicted octanol–water partition coefficient (Wildman–Crippen LogP) is 4.02. The lowest BCUT2D eigenvalue weighted by molar-refractivity contribution is -0.118. The molecule has 7 heteroatoms. The molecule has 2 atom stereocenters. The van der Waals surface area contributed by atoms with Gasteiger partial charge in [0, 0.05) is 24.0 Å². The number of hydrogen-bond acceptors (Lipinski definition) is 4. The van der Waals surface area contributed by atoms with Gasteiger partial charge in [-0.25, -0.2) is 8.78 Å². The first-order valence-corrected chi connectivity index (χ1v) is 8.61. The number of rotatable bonds is 2. The second-order valence-electron chi connectivity index (χ2n) is 5.55. The highest BCUT2D eigenvalue weighted by molar-refractivity contribution is 8.15. The van der Waals surface area contributed by atoms with Crippen LogP contribution in [0.25, 0.3) is 0 Å². The molecule has 3 rings (SSSR count). The summed E-state index contributed by atoms with van der Waals surface area (Å²) < 4.78 is 26.3. The van der Waals surface area contributed by atoms with Crippen LogP contribution in [0.1, 0.15) is 31.0 Å². The van der Waals surface area contributed by atoms with Crippen molar-refractivity contribution in [2.45, 2.75) is 32.1 Å². The molecule has 0 spiro atoms. The fourth-order valence-electron chi connectivity index (χ4n) is 2.03. The van der Waals surface area contributed by atoms with Crippen molar-refractivity contribution in [3.05, 3.63) is 65.5 Å². The molecule has 1 aliphatic rings. The molecule has 25 heavy (non-hydrogen) atoms. The van der Waals surface area contributed by atoms with Crippen molar-refractivity contribution in [2.75, 3.05) is 0 Å². The van der Waals surface area contributed by atoms with Crippen LogP contribution in [0, 0.1) is 18.6 Å². The Kier molecular flexibility index (Phi) is 6.64. The first-order valence-electron chi connectivity index (χ1n) is 7.73. The number of amidine groups is 1. The van der Waals surface area contributed by atoms with Crippen LogP contribution in [0.2, 0.25) is 0 Å². The minimum absolute atomic E-state index is 0.106. The van der Waals surface area contributed by atoms with Gasteiger partial charge in [0.15, 0.2) is 5.17 Å². The largest absolute Gasteiger partial charge is 0.304 e. The van der Waals surface area contributed by atoms with Crippen LogP contribution in [0.3, 0.4) is 0 Å². The van der Waals surface area contributed by atoms with Gasteiger partial charge in [0.2, 0.25) is 5.91 Å². The molecule has 1 aromatic heterocycles. The molecule has 1 amide bonds. The van der Waals surface area contributed by atoms with E-state index in [1.54, 1.807) is 26.2 Å². The molecule has 1 fully saturated rings. The number of carbonyl (C=O) groups excluding carboxylic acids is 1. The Morgan fingerprint density at radius 1 is 1.24 bits per heavy atom.